The van der Waals surface area contributed by atoms with Gasteiger partial charge >= 0.3 is 21.5 Å². The third kappa shape index (κ3) is 6.77. The van der Waals surface area contributed by atoms with Gasteiger partial charge in [0.1, 0.15) is 5.69 Å². The lowest BCUT2D eigenvalue weighted by Gasteiger charge is -2.33. The van der Waals surface area contributed by atoms with Crippen molar-refractivity contribution in [3.05, 3.63) is 35.2 Å². The number of fused-ring (bicyclic) bond motifs is 1. The van der Waals surface area contributed by atoms with E-state index >= 15 is 0 Å². The second-order valence-electron chi connectivity index (χ2n) is 9.54. The molecule has 1 aliphatic rings. The molecule has 3 rings (SSSR count). The van der Waals surface area contributed by atoms with Crippen molar-refractivity contribution in [2.45, 2.75) is 58.9 Å². The molecule has 1 aliphatic heterocycles. The second-order valence-corrected chi connectivity index (χ2v) is 11.2. The summed E-state index contributed by atoms with van der Waals surface area (Å²) in [7, 11) is -5.71. The third-order valence-electron chi connectivity index (χ3n) is 5.64. The molecule has 0 saturated carbocycles. The van der Waals surface area contributed by atoms with Crippen molar-refractivity contribution in [2.75, 3.05) is 29.3 Å². The van der Waals surface area contributed by atoms with E-state index in [1.165, 1.54) is 18.3 Å². The topological polar surface area (TPSA) is 126 Å². The Bertz CT molecular complexity index is 1310. The fraction of sp³-hybridized carbons (Fsp3) is 0.542. The molecule has 0 atom stereocenters. The van der Waals surface area contributed by atoms with Crippen molar-refractivity contribution in [3.63, 3.8) is 0 Å². The van der Waals surface area contributed by atoms with Crippen LogP contribution in [0, 0.1) is 5.92 Å². The highest BCUT2D eigenvalue weighted by molar-refractivity contribution is 7.93. The summed E-state index contributed by atoms with van der Waals surface area (Å²) in [4.78, 5) is 22.5. The molecule has 0 saturated heterocycles. The van der Waals surface area contributed by atoms with Gasteiger partial charge in [-0.2, -0.15) is 21.6 Å². The van der Waals surface area contributed by atoms with Gasteiger partial charge in [0.15, 0.2) is 0 Å². The number of halogens is 3. The normalized spacial score (nSPS) is 14.3. The zero-order valence-corrected chi connectivity index (χ0v) is 22.6. The van der Waals surface area contributed by atoms with Gasteiger partial charge in [-0.15, -0.1) is 10.2 Å². The van der Waals surface area contributed by atoms with E-state index in [-0.39, 0.29) is 41.3 Å². The van der Waals surface area contributed by atoms with Gasteiger partial charge in [-0.25, -0.2) is 14.8 Å². The van der Waals surface area contributed by atoms with E-state index in [0.29, 0.717) is 30.9 Å². The smallest absolute Gasteiger partial charge is 0.462 e. The van der Waals surface area contributed by atoms with Crippen LogP contribution in [0.5, 0.6) is 0 Å². The standard InChI is InChI=1S/C24H31F3N6O4S/c1-6-37-22(34)17-12-28-23(29-21(17)15(4)5)31-30-18-10-16-8-7-9-33(13-14(2)3)20(16)11-19(18)32-38(35,36)24(25,26)27/h10-12,14-15,32H,6-9,13H2,1-5H3. The molecule has 1 aromatic heterocycles. The minimum Gasteiger partial charge on any atom is -0.462 e. The molecule has 38 heavy (non-hydrogen) atoms. The fourth-order valence-electron chi connectivity index (χ4n) is 4.03. The molecule has 14 heteroatoms. The van der Waals surface area contributed by atoms with Crippen LogP contribution in [-0.4, -0.2) is 49.6 Å². The largest absolute Gasteiger partial charge is 0.516 e. The number of aromatic nitrogens is 2. The number of hydrogen-bond donors (Lipinski definition) is 1. The third-order valence-corrected chi connectivity index (χ3v) is 6.74. The molecule has 0 amide bonds. The van der Waals surface area contributed by atoms with Gasteiger partial charge in [-0.05, 0) is 49.3 Å². The Morgan fingerprint density at radius 2 is 1.92 bits per heavy atom. The van der Waals surface area contributed by atoms with Crippen molar-refractivity contribution in [2.24, 2.45) is 16.1 Å². The number of nitrogens with zero attached hydrogens (tertiary/aromatic N) is 5. The summed E-state index contributed by atoms with van der Waals surface area (Å²) in [5.41, 5.74) is -4.03. The molecule has 0 aliphatic carbocycles. The minimum atomic E-state index is -5.71. The van der Waals surface area contributed by atoms with E-state index in [9.17, 15) is 26.4 Å². The van der Waals surface area contributed by atoms with Crippen molar-refractivity contribution < 1.29 is 31.1 Å². The van der Waals surface area contributed by atoms with Crippen LogP contribution in [-0.2, 0) is 21.2 Å². The molecule has 0 bridgehead atoms. The van der Waals surface area contributed by atoms with E-state index in [1.54, 1.807) is 11.6 Å². The van der Waals surface area contributed by atoms with Crippen LogP contribution in [0.15, 0.2) is 28.6 Å². The summed E-state index contributed by atoms with van der Waals surface area (Å²) in [5.74, 6) is -0.661. The molecule has 0 unspecified atom stereocenters. The van der Waals surface area contributed by atoms with Gasteiger partial charge in [0, 0.05) is 25.0 Å². The van der Waals surface area contributed by atoms with Crippen LogP contribution in [0.3, 0.4) is 0 Å². The molecule has 0 fully saturated rings. The monoisotopic (exact) mass is 556 g/mol. The highest BCUT2D eigenvalue weighted by atomic mass is 32.2. The van der Waals surface area contributed by atoms with Gasteiger partial charge in [0.05, 0.1) is 23.6 Å². The number of aryl methyl sites for hydroxylation is 1. The number of alkyl halides is 3. The first-order valence-corrected chi connectivity index (χ1v) is 13.7. The molecular weight excluding hydrogens is 525 g/mol. The lowest BCUT2D eigenvalue weighted by molar-refractivity contribution is -0.0429. The maximum absolute atomic E-state index is 13.2. The van der Waals surface area contributed by atoms with Crippen molar-refractivity contribution in [3.8, 4) is 0 Å². The van der Waals surface area contributed by atoms with E-state index in [4.69, 9.17) is 4.74 Å². The fourth-order valence-corrected chi connectivity index (χ4v) is 4.60. The minimum absolute atomic E-state index is 0.118. The number of carbonyl (C=O) groups is 1. The number of rotatable bonds is 9. The Hall–Kier alpha value is -3.29. The Labute approximate surface area is 219 Å². The molecular formula is C24H31F3N6O4S. The zero-order chi connectivity index (χ0) is 28.3. The van der Waals surface area contributed by atoms with Crippen LogP contribution in [0.1, 0.15) is 68.6 Å². The zero-order valence-electron chi connectivity index (χ0n) is 21.8. The predicted molar refractivity (Wildman–Crippen MR) is 137 cm³/mol. The molecule has 208 valence electrons. The number of carbonyl (C=O) groups excluding carboxylic acids is 1. The van der Waals surface area contributed by atoms with Crippen LogP contribution in [0.2, 0.25) is 0 Å². The van der Waals surface area contributed by atoms with Gasteiger partial charge in [0.25, 0.3) is 5.95 Å². The molecule has 0 radical (unpaired) electrons. The van der Waals surface area contributed by atoms with E-state index in [1.807, 2.05) is 32.6 Å². The average molecular weight is 557 g/mol. The predicted octanol–water partition coefficient (Wildman–Crippen LogP) is 5.86. The average Bonchev–Trinajstić information content (AvgIpc) is 2.81. The molecule has 0 spiro atoms. The van der Waals surface area contributed by atoms with Crippen LogP contribution < -0.4 is 9.62 Å². The lowest BCUT2D eigenvalue weighted by Crippen LogP contribution is -2.33. The second kappa shape index (κ2) is 11.6. The summed E-state index contributed by atoms with van der Waals surface area (Å²) in [6.45, 7) is 10.8. The number of ether oxygens (including phenoxy) is 1. The number of sulfonamides is 1. The highest BCUT2D eigenvalue weighted by Crippen LogP contribution is 2.39. The maximum Gasteiger partial charge on any atom is 0.516 e. The summed E-state index contributed by atoms with van der Waals surface area (Å²) in [5, 5.41) is 7.98. The quantitative estimate of drug-likeness (QED) is 0.303. The van der Waals surface area contributed by atoms with Crippen molar-refractivity contribution >= 4 is 39.0 Å². The number of esters is 1. The van der Waals surface area contributed by atoms with E-state index < -0.39 is 21.5 Å². The van der Waals surface area contributed by atoms with Crippen LogP contribution in [0.25, 0.3) is 0 Å². The first kappa shape index (κ1) is 29.3. The van der Waals surface area contributed by atoms with Crippen molar-refractivity contribution in [1.29, 1.82) is 0 Å². The first-order valence-electron chi connectivity index (χ1n) is 12.2. The molecule has 1 aromatic carbocycles. The Morgan fingerprint density at radius 1 is 1.21 bits per heavy atom. The Kier molecular flexibility index (Phi) is 8.95. The summed E-state index contributed by atoms with van der Waals surface area (Å²) in [6.07, 6.45) is 2.71. The van der Waals surface area contributed by atoms with Crippen LogP contribution in [0.4, 0.5) is 36.2 Å². The molecule has 2 heterocycles. The SMILES string of the molecule is CCOC(=O)c1cnc(N=Nc2cc3c(cc2NS(=O)(=O)C(F)(F)F)N(CC(C)C)CCC3)nc1C(C)C. The number of azo groups is 1. The van der Waals surface area contributed by atoms with Gasteiger partial charge in [0.2, 0.25) is 0 Å². The van der Waals surface area contributed by atoms with Crippen LogP contribution >= 0.6 is 0 Å². The highest BCUT2D eigenvalue weighted by Gasteiger charge is 2.46. The van der Waals surface area contributed by atoms with Gasteiger partial charge in [-0.3, -0.25) is 4.72 Å². The van der Waals surface area contributed by atoms with Gasteiger partial charge < -0.3 is 9.64 Å². The number of benzene rings is 1. The van der Waals surface area contributed by atoms with Crippen molar-refractivity contribution in [1.82, 2.24) is 9.97 Å². The summed E-state index contributed by atoms with van der Waals surface area (Å²) >= 11 is 0. The summed E-state index contributed by atoms with van der Waals surface area (Å²) in [6, 6.07) is 2.88. The number of nitrogens with one attached hydrogen (secondary N) is 1. The lowest BCUT2D eigenvalue weighted by atomic mass is 9.99. The maximum atomic E-state index is 13.2. The molecule has 1 N–H and O–H groups in total. The van der Waals surface area contributed by atoms with E-state index in [2.05, 4.69) is 20.2 Å². The molecule has 2 aromatic rings. The molecule has 10 nitrogen and oxygen atoms in total. The Morgan fingerprint density at radius 3 is 2.53 bits per heavy atom. The number of anilines is 2. The van der Waals surface area contributed by atoms with Gasteiger partial charge in [-0.1, -0.05) is 27.7 Å². The summed E-state index contributed by atoms with van der Waals surface area (Å²) < 4.78 is 70.2. The van der Waals surface area contributed by atoms with E-state index in [0.717, 1.165) is 12.0 Å². The Balaban J connectivity index is 2.08. The first-order chi connectivity index (χ1) is 17.7. The number of hydrogen-bond acceptors (Lipinski definition) is 9.